The van der Waals surface area contributed by atoms with Crippen molar-refractivity contribution in [3.8, 4) is 0 Å². The van der Waals surface area contributed by atoms with Crippen molar-refractivity contribution in [3.63, 3.8) is 0 Å². The van der Waals surface area contributed by atoms with Gasteiger partial charge in [0.2, 0.25) is 0 Å². The topological polar surface area (TPSA) is 78.4 Å². The van der Waals surface area contributed by atoms with Crippen LogP contribution in [0, 0.1) is 0 Å². The van der Waals surface area contributed by atoms with Gasteiger partial charge in [0, 0.05) is 23.5 Å². The van der Waals surface area contributed by atoms with Gasteiger partial charge in [0.25, 0.3) is 5.91 Å². The smallest absolute Gasteiger partial charge is 0.258 e. The quantitative estimate of drug-likeness (QED) is 0.590. The van der Waals surface area contributed by atoms with E-state index in [0.29, 0.717) is 11.4 Å². The van der Waals surface area contributed by atoms with Crippen LogP contribution in [0.15, 0.2) is 53.9 Å². The molecular formula is C16H16ClN5O. The number of hydrazine groups is 1. The van der Waals surface area contributed by atoms with Gasteiger partial charge in [-0.15, -0.1) is 0 Å². The normalized spacial score (nSPS) is 20.7. The molecule has 2 atom stereocenters. The zero-order valence-corrected chi connectivity index (χ0v) is 13.0. The van der Waals surface area contributed by atoms with Crippen LogP contribution in [0.3, 0.4) is 0 Å². The number of carbonyl (C=O) groups excluding carboxylic acids is 1. The van der Waals surface area contributed by atoms with Crippen LogP contribution in [0.2, 0.25) is 5.02 Å². The van der Waals surface area contributed by atoms with E-state index in [1.807, 2.05) is 36.4 Å². The van der Waals surface area contributed by atoms with Gasteiger partial charge in [-0.1, -0.05) is 23.7 Å². The number of nitrogens with zero attached hydrogens (tertiary/aromatic N) is 2. The second-order valence-corrected chi connectivity index (χ2v) is 5.63. The number of halogens is 1. The van der Waals surface area contributed by atoms with Gasteiger partial charge >= 0.3 is 0 Å². The monoisotopic (exact) mass is 329 g/mol. The molecule has 1 amide bonds. The number of pyridine rings is 1. The molecule has 3 N–H and O–H groups in total. The summed E-state index contributed by atoms with van der Waals surface area (Å²) >= 11 is 5.89. The molecule has 1 saturated heterocycles. The number of hydrogen-bond donors (Lipinski definition) is 3. The van der Waals surface area contributed by atoms with Crippen LogP contribution >= 0.6 is 11.6 Å². The summed E-state index contributed by atoms with van der Waals surface area (Å²) in [6, 6.07) is 10.9. The zero-order valence-electron chi connectivity index (χ0n) is 12.2. The Morgan fingerprint density at radius 1 is 1.22 bits per heavy atom. The van der Waals surface area contributed by atoms with Gasteiger partial charge in [-0.05, 0) is 41.8 Å². The zero-order chi connectivity index (χ0) is 16.1. The van der Waals surface area contributed by atoms with Crippen LogP contribution in [0.4, 0.5) is 0 Å². The minimum Gasteiger partial charge on any atom is -0.271 e. The van der Waals surface area contributed by atoms with Crippen molar-refractivity contribution in [2.45, 2.75) is 18.5 Å². The molecule has 3 rings (SSSR count). The van der Waals surface area contributed by atoms with Gasteiger partial charge in [0.05, 0.1) is 6.21 Å². The van der Waals surface area contributed by atoms with E-state index >= 15 is 0 Å². The predicted molar refractivity (Wildman–Crippen MR) is 88.8 cm³/mol. The molecule has 6 nitrogen and oxygen atoms in total. The van der Waals surface area contributed by atoms with E-state index in [9.17, 15) is 4.79 Å². The average Bonchev–Trinajstić information content (AvgIpc) is 3.06. The minimum atomic E-state index is -0.342. The number of benzene rings is 1. The Morgan fingerprint density at radius 3 is 2.70 bits per heavy atom. The van der Waals surface area contributed by atoms with Crippen molar-refractivity contribution in [1.82, 2.24) is 21.3 Å². The van der Waals surface area contributed by atoms with E-state index in [2.05, 4.69) is 26.4 Å². The predicted octanol–water partition coefficient (Wildman–Crippen LogP) is 1.79. The highest BCUT2D eigenvalue weighted by Gasteiger charge is 2.29. The average molecular weight is 330 g/mol. The number of amides is 1. The molecule has 2 aromatic rings. The van der Waals surface area contributed by atoms with E-state index in [0.717, 1.165) is 11.1 Å². The van der Waals surface area contributed by atoms with E-state index in [-0.39, 0.29) is 18.0 Å². The highest BCUT2D eigenvalue weighted by atomic mass is 35.5. The Labute approximate surface area is 138 Å². The third-order valence-electron chi connectivity index (χ3n) is 3.59. The molecule has 1 aromatic carbocycles. The summed E-state index contributed by atoms with van der Waals surface area (Å²) in [6.07, 6.45) is 5.56. The molecule has 0 radical (unpaired) electrons. The SMILES string of the molecule is O=C(N/N=C/c1ccncc1)C1CC(c2ccc(Cl)cc2)NN1. The Bertz CT molecular complexity index is 689. The highest BCUT2D eigenvalue weighted by molar-refractivity contribution is 6.30. The van der Waals surface area contributed by atoms with Crippen LogP contribution in [-0.2, 0) is 4.79 Å². The van der Waals surface area contributed by atoms with Crippen molar-refractivity contribution < 1.29 is 4.79 Å². The summed E-state index contributed by atoms with van der Waals surface area (Å²) < 4.78 is 0. The number of aromatic nitrogens is 1. The summed E-state index contributed by atoms with van der Waals surface area (Å²) in [4.78, 5) is 16.0. The fourth-order valence-electron chi connectivity index (χ4n) is 2.34. The standard InChI is InChI=1S/C16H16ClN5O/c17-13-3-1-12(2-4-13)14-9-15(21-20-14)16(23)22-19-10-11-5-7-18-8-6-11/h1-8,10,14-15,20-21H,9H2,(H,22,23)/b19-10+. The van der Waals surface area contributed by atoms with Gasteiger partial charge < -0.3 is 0 Å². The van der Waals surface area contributed by atoms with E-state index in [1.54, 1.807) is 18.6 Å². The molecule has 1 aromatic heterocycles. The van der Waals surface area contributed by atoms with Crippen molar-refractivity contribution in [1.29, 1.82) is 0 Å². The number of hydrogen-bond acceptors (Lipinski definition) is 5. The van der Waals surface area contributed by atoms with Crippen molar-refractivity contribution >= 4 is 23.7 Å². The number of rotatable bonds is 4. The lowest BCUT2D eigenvalue weighted by Gasteiger charge is -2.09. The molecule has 1 aliphatic rings. The molecule has 0 aliphatic carbocycles. The van der Waals surface area contributed by atoms with Crippen molar-refractivity contribution in [2.75, 3.05) is 0 Å². The van der Waals surface area contributed by atoms with E-state index in [1.165, 1.54) is 0 Å². The molecule has 1 aliphatic heterocycles. The first kappa shape index (κ1) is 15.6. The van der Waals surface area contributed by atoms with Crippen molar-refractivity contribution in [2.24, 2.45) is 5.10 Å². The molecule has 0 saturated carbocycles. The van der Waals surface area contributed by atoms with Crippen LogP contribution in [-0.4, -0.2) is 23.1 Å². The van der Waals surface area contributed by atoms with Gasteiger partial charge in [0.1, 0.15) is 6.04 Å². The summed E-state index contributed by atoms with van der Waals surface area (Å²) in [5, 5.41) is 4.65. The Kier molecular flexibility index (Phi) is 4.97. The molecule has 118 valence electrons. The lowest BCUT2D eigenvalue weighted by Crippen LogP contribution is -2.41. The number of hydrazone groups is 1. The van der Waals surface area contributed by atoms with Crippen LogP contribution in [0.1, 0.15) is 23.6 Å². The maximum Gasteiger partial charge on any atom is 0.258 e. The molecule has 1 fully saturated rings. The minimum absolute atomic E-state index is 0.0622. The summed E-state index contributed by atoms with van der Waals surface area (Å²) in [6.45, 7) is 0. The lowest BCUT2D eigenvalue weighted by molar-refractivity contribution is -0.122. The summed E-state index contributed by atoms with van der Waals surface area (Å²) in [7, 11) is 0. The largest absolute Gasteiger partial charge is 0.271 e. The summed E-state index contributed by atoms with van der Waals surface area (Å²) in [5.74, 6) is -0.181. The first-order valence-corrected chi connectivity index (χ1v) is 7.59. The molecule has 23 heavy (non-hydrogen) atoms. The Morgan fingerprint density at radius 2 is 1.96 bits per heavy atom. The van der Waals surface area contributed by atoms with E-state index < -0.39 is 0 Å². The molecule has 7 heteroatoms. The molecular weight excluding hydrogens is 314 g/mol. The van der Waals surface area contributed by atoms with Gasteiger partial charge in [-0.3, -0.25) is 9.78 Å². The molecule has 0 spiro atoms. The number of nitrogens with one attached hydrogen (secondary N) is 3. The first-order chi connectivity index (χ1) is 11.2. The van der Waals surface area contributed by atoms with E-state index in [4.69, 9.17) is 11.6 Å². The third-order valence-corrected chi connectivity index (χ3v) is 3.84. The molecule has 0 bridgehead atoms. The second kappa shape index (κ2) is 7.32. The maximum atomic E-state index is 12.1. The summed E-state index contributed by atoms with van der Waals surface area (Å²) in [5.41, 5.74) is 10.6. The molecule has 2 heterocycles. The van der Waals surface area contributed by atoms with Gasteiger partial charge in [0.15, 0.2) is 0 Å². The lowest BCUT2D eigenvalue weighted by atomic mass is 10.0. The Hall–Kier alpha value is -2.28. The van der Waals surface area contributed by atoms with Gasteiger partial charge in [-0.2, -0.15) is 5.10 Å². The Balaban J connectivity index is 1.53. The highest BCUT2D eigenvalue weighted by Crippen LogP contribution is 2.23. The van der Waals surface area contributed by atoms with Crippen LogP contribution < -0.4 is 16.3 Å². The fraction of sp³-hybridized carbons (Fsp3) is 0.188. The molecule has 2 unspecified atom stereocenters. The van der Waals surface area contributed by atoms with Crippen LogP contribution in [0.25, 0.3) is 0 Å². The number of carbonyl (C=O) groups is 1. The third kappa shape index (κ3) is 4.13. The first-order valence-electron chi connectivity index (χ1n) is 7.22. The maximum absolute atomic E-state index is 12.1. The van der Waals surface area contributed by atoms with Gasteiger partial charge in [-0.25, -0.2) is 16.3 Å². The van der Waals surface area contributed by atoms with Crippen LogP contribution in [0.5, 0.6) is 0 Å². The second-order valence-electron chi connectivity index (χ2n) is 5.20. The fourth-order valence-corrected chi connectivity index (χ4v) is 2.47. The van der Waals surface area contributed by atoms with Crippen molar-refractivity contribution in [3.05, 3.63) is 64.9 Å².